The Morgan fingerprint density at radius 3 is 1.86 bits per heavy atom. The monoisotopic (exact) mass is 404 g/mol. The summed E-state index contributed by atoms with van der Waals surface area (Å²) in [5.74, 6) is -0.921. The van der Waals surface area contributed by atoms with Crippen LogP contribution in [0.15, 0.2) is 24.3 Å². The lowest BCUT2D eigenvalue weighted by molar-refractivity contribution is -0.00437. The van der Waals surface area contributed by atoms with E-state index in [1.807, 2.05) is 27.7 Å². The predicted molar refractivity (Wildman–Crippen MR) is 118 cm³/mol. The number of hydrogen-bond donors (Lipinski definition) is 0. The van der Waals surface area contributed by atoms with E-state index in [2.05, 4.69) is 6.92 Å². The highest BCUT2D eigenvalue weighted by molar-refractivity contribution is 6.03. The summed E-state index contributed by atoms with van der Waals surface area (Å²) < 4.78 is 11.1. The van der Waals surface area contributed by atoms with Crippen molar-refractivity contribution in [3.05, 3.63) is 35.4 Å². The molecule has 1 unspecified atom stereocenters. The van der Waals surface area contributed by atoms with Gasteiger partial charge < -0.3 is 9.47 Å². The maximum Gasteiger partial charge on any atom is 0.339 e. The number of carbonyl (C=O) groups excluding carboxylic acids is 2. The first-order chi connectivity index (χ1) is 13.8. The van der Waals surface area contributed by atoms with Crippen LogP contribution in [0.4, 0.5) is 0 Å². The van der Waals surface area contributed by atoms with Crippen molar-refractivity contribution in [3.63, 3.8) is 0 Å². The van der Waals surface area contributed by atoms with Gasteiger partial charge in [0.1, 0.15) is 6.10 Å². The molecule has 29 heavy (non-hydrogen) atoms. The lowest BCUT2D eigenvalue weighted by Crippen LogP contribution is -2.31. The second kappa shape index (κ2) is 13.4. The fourth-order valence-electron chi connectivity index (χ4n) is 3.38. The Bertz CT molecular complexity index is 615. The summed E-state index contributed by atoms with van der Waals surface area (Å²) in [6, 6.07) is 6.74. The number of carbonyl (C=O) groups is 2. The summed E-state index contributed by atoms with van der Waals surface area (Å²) in [5, 5.41) is 0. The standard InChI is InChI=1S/C25H40O4/c1-6-8-9-10-11-12-13-16-19-28-23(26)20-17-14-15-18-21(20)24(27)29-22(7-2)25(3,4)5/h14-15,17-18,22H,6-13,16,19H2,1-5H3. The lowest BCUT2D eigenvalue weighted by atomic mass is 9.87. The molecule has 1 aromatic carbocycles. The highest BCUT2D eigenvalue weighted by Crippen LogP contribution is 2.26. The van der Waals surface area contributed by atoms with Gasteiger partial charge in [-0.3, -0.25) is 0 Å². The molecule has 0 aliphatic heterocycles. The van der Waals surface area contributed by atoms with Gasteiger partial charge in [-0.2, -0.15) is 0 Å². The Labute approximate surface area is 177 Å². The van der Waals surface area contributed by atoms with Crippen molar-refractivity contribution in [1.82, 2.24) is 0 Å². The number of hydrogen-bond acceptors (Lipinski definition) is 4. The van der Waals surface area contributed by atoms with E-state index >= 15 is 0 Å². The Balaban J connectivity index is 2.51. The number of unbranched alkanes of at least 4 members (excludes halogenated alkanes) is 7. The topological polar surface area (TPSA) is 52.6 Å². The second-order valence-electron chi connectivity index (χ2n) is 8.82. The molecule has 0 N–H and O–H groups in total. The van der Waals surface area contributed by atoms with E-state index in [4.69, 9.17) is 9.47 Å². The van der Waals surface area contributed by atoms with Gasteiger partial charge in [-0.1, -0.05) is 91.7 Å². The molecule has 1 aromatic rings. The quantitative estimate of drug-likeness (QED) is 0.263. The molecule has 1 rings (SSSR count). The zero-order valence-corrected chi connectivity index (χ0v) is 19.1. The zero-order valence-electron chi connectivity index (χ0n) is 19.1. The van der Waals surface area contributed by atoms with Gasteiger partial charge in [0.15, 0.2) is 0 Å². The van der Waals surface area contributed by atoms with Crippen molar-refractivity contribution in [2.75, 3.05) is 6.61 Å². The van der Waals surface area contributed by atoms with Gasteiger partial charge >= 0.3 is 11.9 Å². The molecule has 0 saturated carbocycles. The van der Waals surface area contributed by atoms with Crippen LogP contribution in [0, 0.1) is 5.41 Å². The number of rotatable bonds is 13. The van der Waals surface area contributed by atoms with E-state index in [1.54, 1.807) is 24.3 Å². The van der Waals surface area contributed by atoms with Gasteiger partial charge in [0.2, 0.25) is 0 Å². The van der Waals surface area contributed by atoms with E-state index in [-0.39, 0.29) is 22.6 Å². The van der Waals surface area contributed by atoms with E-state index in [1.165, 1.54) is 38.5 Å². The van der Waals surface area contributed by atoms with Gasteiger partial charge in [-0.15, -0.1) is 0 Å². The minimum Gasteiger partial charge on any atom is -0.462 e. The third kappa shape index (κ3) is 9.47. The average Bonchev–Trinajstić information content (AvgIpc) is 2.69. The average molecular weight is 405 g/mol. The molecule has 0 amide bonds. The molecular weight excluding hydrogens is 364 g/mol. The molecule has 0 aliphatic carbocycles. The third-order valence-corrected chi connectivity index (χ3v) is 5.18. The van der Waals surface area contributed by atoms with Crippen LogP contribution in [0.1, 0.15) is 113 Å². The van der Waals surface area contributed by atoms with Crippen molar-refractivity contribution in [1.29, 1.82) is 0 Å². The Kier molecular flexibility index (Phi) is 11.6. The summed E-state index contributed by atoms with van der Waals surface area (Å²) >= 11 is 0. The Morgan fingerprint density at radius 1 is 0.828 bits per heavy atom. The van der Waals surface area contributed by atoms with Crippen molar-refractivity contribution in [2.24, 2.45) is 5.41 Å². The van der Waals surface area contributed by atoms with Gasteiger partial charge in [0.25, 0.3) is 0 Å². The zero-order chi connectivity index (χ0) is 21.7. The van der Waals surface area contributed by atoms with E-state index in [0.717, 1.165) is 19.3 Å². The fourth-order valence-corrected chi connectivity index (χ4v) is 3.38. The molecule has 0 spiro atoms. The van der Waals surface area contributed by atoms with Crippen LogP contribution in [-0.4, -0.2) is 24.6 Å². The van der Waals surface area contributed by atoms with Crippen molar-refractivity contribution < 1.29 is 19.1 Å². The van der Waals surface area contributed by atoms with Crippen LogP contribution < -0.4 is 0 Å². The smallest absolute Gasteiger partial charge is 0.339 e. The van der Waals surface area contributed by atoms with Crippen LogP contribution >= 0.6 is 0 Å². The number of benzene rings is 1. The van der Waals surface area contributed by atoms with Gasteiger partial charge in [0, 0.05) is 0 Å². The molecule has 4 nitrogen and oxygen atoms in total. The maximum atomic E-state index is 12.7. The van der Waals surface area contributed by atoms with E-state index in [9.17, 15) is 9.59 Å². The SMILES string of the molecule is CCCCCCCCCCOC(=O)c1ccccc1C(=O)OC(CC)C(C)(C)C. The number of ether oxygens (including phenoxy) is 2. The fraction of sp³-hybridized carbons (Fsp3) is 0.680. The molecule has 164 valence electrons. The van der Waals surface area contributed by atoms with Gasteiger partial charge in [-0.25, -0.2) is 9.59 Å². The van der Waals surface area contributed by atoms with Gasteiger partial charge in [0.05, 0.1) is 17.7 Å². The molecule has 0 fully saturated rings. The molecule has 0 bridgehead atoms. The second-order valence-corrected chi connectivity index (χ2v) is 8.82. The van der Waals surface area contributed by atoms with Crippen LogP contribution in [0.25, 0.3) is 0 Å². The van der Waals surface area contributed by atoms with Crippen molar-refractivity contribution in [3.8, 4) is 0 Å². The minimum atomic E-state index is -0.466. The molecule has 0 aromatic heterocycles. The molecular formula is C25H40O4. The van der Waals surface area contributed by atoms with Crippen molar-refractivity contribution in [2.45, 2.75) is 98.5 Å². The normalized spacial score (nSPS) is 12.4. The van der Waals surface area contributed by atoms with Crippen LogP contribution in [0.3, 0.4) is 0 Å². The minimum absolute atomic E-state index is 0.156. The first-order valence-electron chi connectivity index (χ1n) is 11.3. The highest BCUT2D eigenvalue weighted by Gasteiger charge is 2.28. The summed E-state index contributed by atoms with van der Waals surface area (Å²) in [5.41, 5.74) is 0.396. The van der Waals surface area contributed by atoms with E-state index < -0.39 is 11.9 Å². The Morgan fingerprint density at radius 2 is 1.34 bits per heavy atom. The molecule has 0 radical (unpaired) electrons. The largest absolute Gasteiger partial charge is 0.462 e. The first kappa shape index (κ1) is 25.2. The van der Waals surface area contributed by atoms with Gasteiger partial charge in [-0.05, 0) is 30.4 Å². The number of esters is 2. The summed E-state index contributed by atoms with van der Waals surface area (Å²) in [6.07, 6.45) is 10.0. The molecule has 1 atom stereocenters. The summed E-state index contributed by atoms with van der Waals surface area (Å²) in [6.45, 7) is 10.7. The maximum absolute atomic E-state index is 12.7. The third-order valence-electron chi connectivity index (χ3n) is 5.18. The lowest BCUT2D eigenvalue weighted by Gasteiger charge is -2.29. The van der Waals surface area contributed by atoms with Crippen molar-refractivity contribution >= 4 is 11.9 Å². The van der Waals surface area contributed by atoms with Crippen LogP contribution in [0.5, 0.6) is 0 Å². The Hall–Kier alpha value is -1.84. The molecule has 4 heteroatoms. The summed E-state index contributed by atoms with van der Waals surface area (Å²) in [7, 11) is 0. The molecule has 0 aliphatic rings. The molecule has 0 saturated heterocycles. The highest BCUT2D eigenvalue weighted by atomic mass is 16.5. The van der Waals surface area contributed by atoms with Crippen LogP contribution in [-0.2, 0) is 9.47 Å². The first-order valence-corrected chi connectivity index (χ1v) is 11.3. The summed E-state index contributed by atoms with van der Waals surface area (Å²) in [4.78, 5) is 25.2. The molecule has 0 heterocycles. The van der Waals surface area contributed by atoms with E-state index in [0.29, 0.717) is 6.61 Å². The van der Waals surface area contributed by atoms with Crippen LogP contribution in [0.2, 0.25) is 0 Å². The predicted octanol–water partition coefficient (Wildman–Crippen LogP) is 6.97.